The first-order valence-electron chi connectivity index (χ1n) is 6.54. The Hall–Kier alpha value is -1.88. The van der Waals surface area contributed by atoms with Crippen molar-refractivity contribution in [1.82, 2.24) is 4.98 Å². The number of carbonyl (C=O) groups excluding carboxylic acids is 1. The summed E-state index contributed by atoms with van der Waals surface area (Å²) in [6.45, 7) is 0. The summed E-state index contributed by atoms with van der Waals surface area (Å²) in [4.78, 5) is 16.2. The molecule has 5 heteroatoms. The van der Waals surface area contributed by atoms with Gasteiger partial charge in [0.25, 0.3) is 0 Å². The number of amides is 1. The molecule has 1 heterocycles. The van der Waals surface area contributed by atoms with Gasteiger partial charge in [-0.2, -0.15) is 0 Å². The molecule has 2 N–H and O–H groups in total. The lowest BCUT2D eigenvalue weighted by Gasteiger charge is -2.24. The van der Waals surface area contributed by atoms with E-state index in [9.17, 15) is 9.90 Å². The number of aromatic nitrogens is 1. The molecule has 1 aromatic carbocycles. The van der Waals surface area contributed by atoms with Gasteiger partial charge >= 0.3 is 0 Å². The summed E-state index contributed by atoms with van der Waals surface area (Å²) >= 11 is 0. The Morgan fingerprint density at radius 1 is 1.32 bits per heavy atom. The summed E-state index contributed by atoms with van der Waals surface area (Å²) in [5.41, 5.74) is 2.17. The zero-order valence-electron chi connectivity index (χ0n) is 10.5. The SMILES string of the molecule is O=C(Nc1ccc2ocnc2c1)C1CCC(O)CC1. The molecule has 0 atom stereocenters. The van der Waals surface area contributed by atoms with Crippen LogP contribution in [0.3, 0.4) is 0 Å². The number of benzene rings is 1. The monoisotopic (exact) mass is 260 g/mol. The Kier molecular flexibility index (Phi) is 3.21. The maximum atomic E-state index is 12.1. The summed E-state index contributed by atoms with van der Waals surface area (Å²) in [7, 11) is 0. The van der Waals surface area contributed by atoms with Crippen LogP contribution >= 0.6 is 0 Å². The first-order chi connectivity index (χ1) is 9.22. The molecule has 5 nitrogen and oxygen atoms in total. The molecular formula is C14H16N2O3. The highest BCUT2D eigenvalue weighted by molar-refractivity contribution is 5.94. The minimum atomic E-state index is -0.240. The molecule has 0 unspecified atom stereocenters. The summed E-state index contributed by atoms with van der Waals surface area (Å²) in [5.74, 6) is 0.0196. The molecule has 1 amide bonds. The van der Waals surface area contributed by atoms with Crippen LogP contribution in [0, 0.1) is 5.92 Å². The number of hydrogen-bond donors (Lipinski definition) is 2. The van der Waals surface area contributed by atoms with Gasteiger partial charge in [-0.25, -0.2) is 4.98 Å². The van der Waals surface area contributed by atoms with E-state index in [0.29, 0.717) is 18.4 Å². The van der Waals surface area contributed by atoms with E-state index in [1.807, 2.05) is 6.07 Å². The number of fused-ring (bicyclic) bond motifs is 1. The number of nitrogens with one attached hydrogen (secondary N) is 1. The fraction of sp³-hybridized carbons (Fsp3) is 0.429. The third kappa shape index (κ3) is 2.61. The van der Waals surface area contributed by atoms with Crippen molar-refractivity contribution in [3.8, 4) is 0 Å². The normalized spacial score (nSPS) is 23.4. The Bertz CT molecular complexity index is 585. The highest BCUT2D eigenvalue weighted by atomic mass is 16.3. The van der Waals surface area contributed by atoms with Gasteiger partial charge in [0, 0.05) is 11.6 Å². The lowest BCUT2D eigenvalue weighted by Crippen LogP contribution is -2.28. The molecule has 0 spiro atoms. The van der Waals surface area contributed by atoms with Crippen LogP contribution in [0.5, 0.6) is 0 Å². The molecule has 0 saturated heterocycles. The molecule has 1 aliphatic carbocycles. The number of oxazole rings is 1. The average Bonchev–Trinajstić information content (AvgIpc) is 2.87. The maximum Gasteiger partial charge on any atom is 0.227 e. The van der Waals surface area contributed by atoms with E-state index in [2.05, 4.69) is 10.3 Å². The Morgan fingerprint density at radius 3 is 2.89 bits per heavy atom. The molecule has 1 saturated carbocycles. The molecule has 19 heavy (non-hydrogen) atoms. The second-order valence-corrected chi connectivity index (χ2v) is 5.03. The summed E-state index contributed by atoms with van der Waals surface area (Å²) in [6.07, 6.45) is 4.06. The molecule has 100 valence electrons. The van der Waals surface area contributed by atoms with Crippen LogP contribution in [0.4, 0.5) is 5.69 Å². The third-order valence-corrected chi connectivity index (χ3v) is 3.67. The van der Waals surface area contributed by atoms with E-state index < -0.39 is 0 Å². The molecular weight excluding hydrogens is 244 g/mol. The number of aliphatic hydroxyl groups excluding tert-OH is 1. The van der Waals surface area contributed by atoms with Gasteiger partial charge in [-0.3, -0.25) is 4.79 Å². The molecule has 1 aromatic heterocycles. The number of hydrogen-bond acceptors (Lipinski definition) is 4. The zero-order chi connectivity index (χ0) is 13.2. The fourth-order valence-corrected chi connectivity index (χ4v) is 2.52. The Labute approximate surface area is 110 Å². The molecule has 3 rings (SSSR count). The highest BCUT2D eigenvalue weighted by Crippen LogP contribution is 2.26. The van der Waals surface area contributed by atoms with E-state index in [4.69, 9.17) is 4.42 Å². The van der Waals surface area contributed by atoms with Gasteiger partial charge in [-0.05, 0) is 43.9 Å². The van der Waals surface area contributed by atoms with Crippen LogP contribution in [0.1, 0.15) is 25.7 Å². The van der Waals surface area contributed by atoms with Gasteiger partial charge < -0.3 is 14.8 Å². The van der Waals surface area contributed by atoms with Gasteiger partial charge in [0.05, 0.1) is 6.10 Å². The van der Waals surface area contributed by atoms with Crippen LogP contribution in [0.25, 0.3) is 11.1 Å². The van der Waals surface area contributed by atoms with E-state index in [1.165, 1.54) is 6.39 Å². The summed E-state index contributed by atoms with van der Waals surface area (Å²) in [6, 6.07) is 5.40. The number of carbonyl (C=O) groups is 1. The third-order valence-electron chi connectivity index (χ3n) is 3.67. The molecule has 2 aromatic rings. The maximum absolute atomic E-state index is 12.1. The number of nitrogens with zero attached hydrogens (tertiary/aromatic N) is 1. The van der Waals surface area contributed by atoms with Crippen molar-refractivity contribution < 1.29 is 14.3 Å². The van der Waals surface area contributed by atoms with Crippen LogP contribution in [0.2, 0.25) is 0 Å². The lowest BCUT2D eigenvalue weighted by atomic mass is 9.87. The zero-order valence-corrected chi connectivity index (χ0v) is 10.5. The Morgan fingerprint density at radius 2 is 2.11 bits per heavy atom. The molecule has 0 bridgehead atoms. The van der Waals surface area contributed by atoms with Crippen LogP contribution < -0.4 is 5.32 Å². The molecule has 1 aliphatic rings. The van der Waals surface area contributed by atoms with E-state index in [-0.39, 0.29) is 17.9 Å². The van der Waals surface area contributed by atoms with Crippen molar-refractivity contribution in [2.45, 2.75) is 31.8 Å². The summed E-state index contributed by atoms with van der Waals surface area (Å²) < 4.78 is 5.15. The minimum Gasteiger partial charge on any atom is -0.443 e. The first-order valence-corrected chi connectivity index (χ1v) is 6.54. The van der Waals surface area contributed by atoms with Gasteiger partial charge in [-0.15, -0.1) is 0 Å². The van der Waals surface area contributed by atoms with E-state index >= 15 is 0 Å². The summed E-state index contributed by atoms with van der Waals surface area (Å²) in [5, 5.41) is 12.3. The standard InChI is InChI=1S/C14H16N2O3/c17-11-4-1-9(2-5-11)14(18)16-10-3-6-13-12(7-10)15-8-19-13/h3,6-9,11,17H,1-2,4-5H2,(H,16,18). The van der Waals surface area contributed by atoms with Crippen molar-refractivity contribution >= 4 is 22.7 Å². The van der Waals surface area contributed by atoms with Crippen molar-refractivity contribution in [1.29, 1.82) is 0 Å². The van der Waals surface area contributed by atoms with Gasteiger partial charge in [0.15, 0.2) is 12.0 Å². The lowest BCUT2D eigenvalue weighted by molar-refractivity contribution is -0.121. The van der Waals surface area contributed by atoms with E-state index in [1.54, 1.807) is 12.1 Å². The van der Waals surface area contributed by atoms with Crippen molar-refractivity contribution in [3.05, 3.63) is 24.6 Å². The first kappa shape index (κ1) is 12.2. The average molecular weight is 260 g/mol. The van der Waals surface area contributed by atoms with Crippen molar-refractivity contribution in [2.75, 3.05) is 5.32 Å². The highest BCUT2D eigenvalue weighted by Gasteiger charge is 2.25. The largest absolute Gasteiger partial charge is 0.443 e. The van der Waals surface area contributed by atoms with E-state index in [0.717, 1.165) is 24.0 Å². The van der Waals surface area contributed by atoms with Gasteiger partial charge in [0.1, 0.15) is 5.52 Å². The van der Waals surface area contributed by atoms with Crippen LogP contribution in [0.15, 0.2) is 29.0 Å². The van der Waals surface area contributed by atoms with Gasteiger partial charge in [0.2, 0.25) is 5.91 Å². The Balaban J connectivity index is 1.68. The van der Waals surface area contributed by atoms with Crippen LogP contribution in [-0.4, -0.2) is 22.1 Å². The number of rotatable bonds is 2. The van der Waals surface area contributed by atoms with Crippen molar-refractivity contribution in [2.24, 2.45) is 5.92 Å². The second-order valence-electron chi connectivity index (χ2n) is 5.03. The number of aliphatic hydroxyl groups is 1. The molecule has 0 radical (unpaired) electrons. The predicted octanol–water partition coefficient (Wildman–Crippen LogP) is 2.32. The number of anilines is 1. The predicted molar refractivity (Wildman–Crippen MR) is 70.6 cm³/mol. The van der Waals surface area contributed by atoms with Crippen molar-refractivity contribution in [3.63, 3.8) is 0 Å². The van der Waals surface area contributed by atoms with Gasteiger partial charge in [-0.1, -0.05) is 0 Å². The quantitative estimate of drug-likeness (QED) is 0.868. The smallest absolute Gasteiger partial charge is 0.227 e. The molecule has 1 fully saturated rings. The fourth-order valence-electron chi connectivity index (χ4n) is 2.52. The molecule has 0 aliphatic heterocycles. The van der Waals surface area contributed by atoms with Crippen LogP contribution in [-0.2, 0) is 4.79 Å². The topological polar surface area (TPSA) is 75.4 Å². The minimum absolute atomic E-state index is 0.00333. The second kappa shape index (κ2) is 5.01.